The van der Waals surface area contributed by atoms with Gasteiger partial charge in [-0.3, -0.25) is 9.36 Å². The fraction of sp³-hybridized carbons (Fsp3) is 0.200. The highest BCUT2D eigenvalue weighted by molar-refractivity contribution is 6.30. The van der Waals surface area contributed by atoms with E-state index in [2.05, 4.69) is 10.3 Å². The highest BCUT2D eigenvalue weighted by Gasteiger charge is 2.34. The van der Waals surface area contributed by atoms with Gasteiger partial charge in [0, 0.05) is 42.8 Å². The van der Waals surface area contributed by atoms with E-state index in [0.717, 1.165) is 18.7 Å². The van der Waals surface area contributed by atoms with Gasteiger partial charge in [0.05, 0.1) is 11.4 Å². The number of aromatic nitrogens is 2. The number of ether oxygens (including phenoxy) is 1. The van der Waals surface area contributed by atoms with Gasteiger partial charge in [-0.2, -0.15) is 0 Å². The van der Waals surface area contributed by atoms with Crippen LogP contribution in [0.25, 0.3) is 22.3 Å². The fourth-order valence-corrected chi connectivity index (χ4v) is 4.67. The van der Waals surface area contributed by atoms with Gasteiger partial charge in [0.1, 0.15) is 29.1 Å². The Hall–Kier alpha value is -3.42. The normalized spacial score (nSPS) is 15.1. The molecule has 0 unspecified atom stereocenters. The molecule has 2 aromatic heterocycles. The van der Waals surface area contributed by atoms with E-state index >= 15 is 4.39 Å². The molecule has 2 aliphatic rings. The average molecular weight is 463 g/mol. The van der Waals surface area contributed by atoms with Crippen molar-refractivity contribution in [3.05, 3.63) is 76.7 Å². The molecule has 166 valence electrons. The first kappa shape index (κ1) is 20.2. The van der Waals surface area contributed by atoms with Gasteiger partial charge < -0.3 is 15.0 Å². The molecule has 0 bridgehead atoms. The molecule has 0 radical (unpaired) electrons. The van der Waals surface area contributed by atoms with E-state index in [1.165, 1.54) is 4.57 Å². The Labute approximate surface area is 194 Å². The molecule has 1 saturated heterocycles. The van der Waals surface area contributed by atoms with E-state index in [9.17, 15) is 4.79 Å². The summed E-state index contributed by atoms with van der Waals surface area (Å²) >= 11 is 5.99. The van der Waals surface area contributed by atoms with E-state index in [0.29, 0.717) is 51.9 Å². The zero-order valence-corrected chi connectivity index (χ0v) is 18.4. The second-order valence-corrected chi connectivity index (χ2v) is 8.62. The molecule has 1 fully saturated rings. The van der Waals surface area contributed by atoms with Crippen LogP contribution < -0.4 is 15.0 Å². The Kier molecular flexibility index (Phi) is 4.81. The van der Waals surface area contributed by atoms with Crippen molar-refractivity contribution < 1.29 is 13.9 Å². The maximum atomic E-state index is 15.8. The molecule has 0 aliphatic carbocycles. The third-order valence-corrected chi connectivity index (χ3v) is 6.46. The van der Waals surface area contributed by atoms with Gasteiger partial charge >= 0.3 is 0 Å². The predicted octanol–water partition coefficient (Wildman–Crippen LogP) is 4.49. The lowest BCUT2D eigenvalue weighted by Crippen LogP contribution is -2.43. The van der Waals surface area contributed by atoms with Crippen molar-refractivity contribution in [1.82, 2.24) is 14.9 Å². The minimum atomic E-state index is -0.397. The fourth-order valence-electron chi connectivity index (χ4n) is 4.55. The molecular formula is C25H20ClFN4O2. The summed E-state index contributed by atoms with van der Waals surface area (Å²) in [6.07, 6.45) is 1.69. The summed E-state index contributed by atoms with van der Waals surface area (Å²) in [5.74, 6) is -0.271. The lowest BCUT2D eigenvalue weighted by atomic mass is 10.1. The molecule has 8 heteroatoms. The van der Waals surface area contributed by atoms with Gasteiger partial charge in [-0.1, -0.05) is 23.7 Å². The third-order valence-electron chi connectivity index (χ3n) is 6.21. The van der Waals surface area contributed by atoms with Gasteiger partial charge in [0.25, 0.3) is 5.91 Å². The quantitative estimate of drug-likeness (QED) is 0.426. The summed E-state index contributed by atoms with van der Waals surface area (Å²) < 4.78 is 23.5. The van der Waals surface area contributed by atoms with Crippen LogP contribution in [0.4, 0.5) is 10.1 Å². The molecule has 4 aromatic rings. The Morgan fingerprint density at radius 1 is 1.09 bits per heavy atom. The van der Waals surface area contributed by atoms with E-state index < -0.39 is 5.82 Å². The summed E-state index contributed by atoms with van der Waals surface area (Å²) in [4.78, 5) is 19.8. The highest BCUT2D eigenvalue weighted by atomic mass is 35.5. The Morgan fingerprint density at radius 2 is 1.88 bits per heavy atom. The molecule has 2 aliphatic heterocycles. The van der Waals surface area contributed by atoms with Crippen molar-refractivity contribution in [1.29, 1.82) is 0 Å². The molecule has 0 saturated carbocycles. The minimum Gasteiger partial charge on any atom is -0.487 e. The van der Waals surface area contributed by atoms with Crippen LogP contribution in [0, 0.1) is 5.82 Å². The number of nitrogens with one attached hydrogen (secondary N) is 1. The number of rotatable bonds is 4. The summed E-state index contributed by atoms with van der Waals surface area (Å²) in [5.41, 5.74) is 3.06. The molecule has 0 amide bonds. The highest BCUT2D eigenvalue weighted by Crippen LogP contribution is 2.43. The molecule has 33 heavy (non-hydrogen) atoms. The minimum absolute atomic E-state index is 0.207. The lowest BCUT2D eigenvalue weighted by Gasteiger charge is -2.30. The van der Waals surface area contributed by atoms with E-state index in [4.69, 9.17) is 16.3 Å². The maximum absolute atomic E-state index is 15.8. The van der Waals surface area contributed by atoms with E-state index in [1.807, 2.05) is 23.1 Å². The standard InChI is InChI=1S/C25H20ClFN4O2/c26-16-5-3-15(4-6-16)14-33-24-17-7-8-18(30-12-9-28-10-13-30)21(27)22(17)29-23-19-2-1-11-31(19)25(32)20(23)24/h1-8,11,28H,9-10,12-14H2. The number of halogens is 2. The number of carbonyl (C=O) groups is 1. The third kappa shape index (κ3) is 3.27. The zero-order valence-electron chi connectivity index (χ0n) is 17.6. The largest absolute Gasteiger partial charge is 0.487 e. The van der Waals surface area contributed by atoms with Gasteiger partial charge in [0.15, 0.2) is 5.82 Å². The van der Waals surface area contributed by atoms with E-state index in [-0.39, 0.29) is 18.0 Å². The topological polar surface area (TPSA) is 59.4 Å². The van der Waals surface area contributed by atoms with Crippen molar-refractivity contribution in [3.63, 3.8) is 0 Å². The Bertz CT molecular complexity index is 1390. The number of benzene rings is 2. The van der Waals surface area contributed by atoms with Crippen molar-refractivity contribution in [2.24, 2.45) is 0 Å². The first-order chi connectivity index (χ1) is 16.1. The van der Waals surface area contributed by atoms with Crippen molar-refractivity contribution >= 4 is 34.1 Å². The number of hydrogen-bond donors (Lipinski definition) is 1. The van der Waals surface area contributed by atoms with Gasteiger partial charge in [-0.25, -0.2) is 9.37 Å². The van der Waals surface area contributed by atoms with Crippen LogP contribution in [-0.4, -0.2) is 41.6 Å². The number of carbonyl (C=O) groups excluding carboxylic acids is 1. The summed E-state index contributed by atoms with van der Waals surface area (Å²) in [6.45, 7) is 3.24. The molecule has 2 aromatic carbocycles. The van der Waals surface area contributed by atoms with Crippen LogP contribution in [0.15, 0.2) is 54.7 Å². The maximum Gasteiger partial charge on any atom is 0.268 e. The van der Waals surface area contributed by atoms with Crippen molar-refractivity contribution in [2.45, 2.75) is 6.61 Å². The molecule has 4 heterocycles. The lowest BCUT2D eigenvalue weighted by molar-refractivity contribution is 0.0965. The zero-order chi connectivity index (χ0) is 22.5. The summed E-state index contributed by atoms with van der Waals surface area (Å²) in [6, 6.07) is 14.4. The van der Waals surface area contributed by atoms with Gasteiger partial charge in [-0.15, -0.1) is 0 Å². The molecular weight excluding hydrogens is 443 g/mol. The molecule has 1 N–H and O–H groups in total. The Morgan fingerprint density at radius 3 is 2.67 bits per heavy atom. The molecule has 0 atom stereocenters. The summed E-state index contributed by atoms with van der Waals surface area (Å²) in [7, 11) is 0. The second kappa shape index (κ2) is 7.86. The van der Waals surface area contributed by atoms with Gasteiger partial charge in [-0.05, 0) is 42.0 Å². The smallest absolute Gasteiger partial charge is 0.268 e. The van der Waals surface area contributed by atoms with Crippen LogP contribution in [0.3, 0.4) is 0 Å². The van der Waals surface area contributed by atoms with Crippen LogP contribution in [-0.2, 0) is 6.61 Å². The number of anilines is 1. The van der Waals surface area contributed by atoms with Crippen molar-refractivity contribution in [3.8, 4) is 17.1 Å². The number of pyridine rings is 1. The molecule has 6 nitrogen and oxygen atoms in total. The predicted molar refractivity (Wildman–Crippen MR) is 126 cm³/mol. The van der Waals surface area contributed by atoms with Crippen LogP contribution in [0.1, 0.15) is 15.9 Å². The molecule has 6 rings (SSSR count). The van der Waals surface area contributed by atoms with E-state index in [1.54, 1.807) is 36.5 Å². The number of fused-ring (bicyclic) bond motifs is 4. The average Bonchev–Trinajstić information content (AvgIpc) is 3.42. The van der Waals surface area contributed by atoms with Crippen LogP contribution in [0.2, 0.25) is 5.02 Å². The first-order valence-electron chi connectivity index (χ1n) is 10.8. The van der Waals surface area contributed by atoms with Crippen LogP contribution >= 0.6 is 11.6 Å². The molecule has 0 spiro atoms. The number of nitrogens with zero attached hydrogens (tertiary/aromatic N) is 3. The van der Waals surface area contributed by atoms with Crippen LogP contribution in [0.5, 0.6) is 5.75 Å². The number of hydrogen-bond acceptors (Lipinski definition) is 5. The van der Waals surface area contributed by atoms with Gasteiger partial charge in [0.2, 0.25) is 0 Å². The monoisotopic (exact) mass is 462 g/mol. The summed E-state index contributed by atoms with van der Waals surface area (Å²) in [5, 5.41) is 4.40. The SMILES string of the molecule is O=C1c2c(nc3c(F)c(N4CCNCC4)ccc3c2OCc2ccc(Cl)cc2)-c2cccn21. The first-order valence-corrected chi connectivity index (χ1v) is 11.2. The van der Waals surface area contributed by atoms with Crippen molar-refractivity contribution in [2.75, 3.05) is 31.1 Å². The Balaban J connectivity index is 1.51. The second-order valence-electron chi connectivity index (χ2n) is 8.18. The number of piperazine rings is 1.